The second kappa shape index (κ2) is 8.76. The number of rotatable bonds is 4. The molecule has 0 amide bonds. The van der Waals surface area contributed by atoms with Gasteiger partial charge in [-0.1, -0.05) is 51.5 Å². The van der Waals surface area contributed by atoms with Crippen LogP contribution in [0, 0.1) is 0 Å². The van der Waals surface area contributed by atoms with Crippen LogP contribution in [0.4, 0.5) is 0 Å². The maximum atomic E-state index is 9.02. The van der Waals surface area contributed by atoms with Gasteiger partial charge in [0.2, 0.25) is 0 Å². The number of aliphatic hydroxyl groups excluding tert-OH is 1. The van der Waals surface area contributed by atoms with Crippen molar-refractivity contribution < 1.29 is 5.11 Å². The molecule has 0 aliphatic rings. The molecule has 0 saturated heterocycles. The monoisotopic (exact) mass is 194 g/mol. The molecule has 0 bridgehead atoms. The average Bonchev–Trinajstić information content (AvgIpc) is 2.29. The lowest BCUT2D eigenvalue weighted by Gasteiger charge is -2.05. The average molecular weight is 194 g/mol. The van der Waals surface area contributed by atoms with E-state index in [4.69, 9.17) is 5.11 Å². The van der Waals surface area contributed by atoms with E-state index in [1.807, 2.05) is 32.0 Å². The van der Waals surface area contributed by atoms with E-state index in [1.165, 1.54) is 18.4 Å². The first-order chi connectivity index (χ1) is 6.88. The Hall–Kier alpha value is -0.820. The summed E-state index contributed by atoms with van der Waals surface area (Å²) in [4.78, 5) is 0. The minimum absolute atomic E-state index is 0.167. The molecule has 0 heterocycles. The molecule has 0 fully saturated rings. The minimum atomic E-state index is 0.167. The molecule has 0 aromatic heterocycles. The van der Waals surface area contributed by atoms with Gasteiger partial charge in [0.05, 0.1) is 6.61 Å². The number of hydrogen-bond acceptors (Lipinski definition) is 1. The van der Waals surface area contributed by atoms with Crippen molar-refractivity contribution in [2.45, 2.75) is 46.6 Å². The van der Waals surface area contributed by atoms with Crippen molar-refractivity contribution in [3.8, 4) is 0 Å². The van der Waals surface area contributed by atoms with Crippen molar-refractivity contribution in [2.75, 3.05) is 0 Å². The first kappa shape index (κ1) is 13.2. The molecule has 0 spiro atoms. The highest BCUT2D eigenvalue weighted by Crippen LogP contribution is 2.11. The van der Waals surface area contributed by atoms with Gasteiger partial charge in [-0.15, -0.1) is 0 Å². The zero-order valence-corrected chi connectivity index (χ0v) is 9.59. The van der Waals surface area contributed by atoms with Gasteiger partial charge in [0.25, 0.3) is 0 Å². The van der Waals surface area contributed by atoms with Crippen LogP contribution in [-0.4, -0.2) is 5.11 Å². The van der Waals surface area contributed by atoms with Crippen LogP contribution in [0.15, 0.2) is 24.3 Å². The second-order valence-electron chi connectivity index (χ2n) is 3.03. The van der Waals surface area contributed by atoms with Gasteiger partial charge in [0.15, 0.2) is 0 Å². The van der Waals surface area contributed by atoms with Gasteiger partial charge in [-0.2, -0.15) is 0 Å². The van der Waals surface area contributed by atoms with Crippen molar-refractivity contribution >= 4 is 0 Å². The fourth-order valence-electron chi connectivity index (χ4n) is 1.32. The van der Waals surface area contributed by atoms with Crippen LogP contribution in [0.2, 0.25) is 0 Å². The Bertz CT molecular complexity index is 230. The Labute approximate surface area is 87.8 Å². The topological polar surface area (TPSA) is 20.2 Å². The highest BCUT2D eigenvalue weighted by molar-refractivity contribution is 5.26. The fourth-order valence-corrected chi connectivity index (χ4v) is 1.32. The molecule has 1 N–H and O–H groups in total. The zero-order chi connectivity index (χ0) is 10.8. The molecule has 0 atom stereocenters. The van der Waals surface area contributed by atoms with Crippen LogP contribution in [0.25, 0.3) is 0 Å². The molecule has 0 aliphatic heterocycles. The lowest BCUT2D eigenvalue weighted by atomic mass is 10.0. The largest absolute Gasteiger partial charge is 0.392 e. The van der Waals surface area contributed by atoms with E-state index >= 15 is 0 Å². The third kappa shape index (κ3) is 4.43. The summed E-state index contributed by atoms with van der Waals surface area (Å²) in [5.74, 6) is 0. The normalized spacial score (nSPS) is 9.14. The minimum Gasteiger partial charge on any atom is -0.392 e. The summed E-state index contributed by atoms with van der Waals surface area (Å²) in [6.45, 7) is 6.35. The molecule has 0 saturated carbocycles. The predicted molar refractivity (Wildman–Crippen MR) is 62.3 cm³/mol. The van der Waals surface area contributed by atoms with E-state index in [9.17, 15) is 0 Å². The van der Waals surface area contributed by atoms with Gasteiger partial charge in [-0.3, -0.25) is 0 Å². The van der Waals surface area contributed by atoms with Crippen molar-refractivity contribution in [2.24, 2.45) is 0 Å². The molecular weight excluding hydrogens is 172 g/mol. The summed E-state index contributed by atoms with van der Waals surface area (Å²) in [5.41, 5.74) is 2.37. The van der Waals surface area contributed by atoms with Crippen LogP contribution in [0.1, 0.15) is 44.7 Å². The Morgan fingerprint density at radius 3 is 2.14 bits per heavy atom. The van der Waals surface area contributed by atoms with Crippen LogP contribution >= 0.6 is 0 Å². The van der Waals surface area contributed by atoms with Gasteiger partial charge >= 0.3 is 0 Å². The van der Waals surface area contributed by atoms with Gasteiger partial charge in [-0.25, -0.2) is 0 Å². The van der Waals surface area contributed by atoms with Crippen molar-refractivity contribution in [1.82, 2.24) is 0 Å². The number of benzene rings is 1. The fraction of sp³-hybridized carbons (Fsp3) is 0.538. The molecule has 14 heavy (non-hydrogen) atoms. The maximum absolute atomic E-state index is 9.02. The number of aryl methyl sites for hydroxylation is 1. The third-order valence-electron chi connectivity index (χ3n) is 2.09. The van der Waals surface area contributed by atoms with E-state index in [1.54, 1.807) is 0 Å². The molecule has 0 aliphatic carbocycles. The van der Waals surface area contributed by atoms with E-state index in [2.05, 4.69) is 13.0 Å². The Kier molecular flexibility index (Phi) is 8.25. The molecule has 1 aromatic rings. The highest BCUT2D eigenvalue weighted by Gasteiger charge is 1.98. The van der Waals surface area contributed by atoms with Gasteiger partial charge < -0.3 is 5.11 Å². The Morgan fingerprint density at radius 1 is 1.07 bits per heavy atom. The molecule has 80 valence electrons. The summed E-state index contributed by atoms with van der Waals surface area (Å²) < 4.78 is 0. The highest BCUT2D eigenvalue weighted by atomic mass is 16.3. The van der Waals surface area contributed by atoms with Crippen molar-refractivity contribution in [3.63, 3.8) is 0 Å². The van der Waals surface area contributed by atoms with Crippen LogP contribution in [-0.2, 0) is 13.0 Å². The van der Waals surface area contributed by atoms with E-state index < -0.39 is 0 Å². The lowest BCUT2D eigenvalue weighted by molar-refractivity contribution is 0.280. The zero-order valence-electron chi connectivity index (χ0n) is 9.59. The number of aliphatic hydroxyl groups is 1. The van der Waals surface area contributed by atoms with Crippen LogP contribution in [0.5, 0.6) is 0 Å². The van der Waals surface area contributed by atoms with Gasteiger partial charge in [-0.05, 0) is 24.0 Å². The van der Waals surface area contributed by atoms with Crippen molar-refractivity contribution in [1.29, 1.82) is 0 Å². The summed E-state index contributed by atoms with van der Waals surface area (Å²) in [6.07, 6.45) is 3.50. The standard InChI is InChI=1S/C11H16O.C2H6/c1-2-3-6-10-7-4-5-8-11(10)9-12;1-2/h4-5,7-8,12H,2-3,6,9H2,1H3;1-2H3. The summed E-state index contributed by atoms with van der Waals surface area (Å²) in [6, 6.07) is 8.09. The van der Waals surface area contributed by atoms with Crippen LogP contribution in [0.3, 0.4) is 0 Å². The van der Waals surface area contributed by atoms with Gasteiger partial charge in [0.1, 0.15) is 0 Å². The number of hydrogen-bond donors (Lipinski definition) is 1. The molecule has 1 nitrogen and oxygen atoms in total. The second-order valence-corrected chi connectivity index (χ2v) is 3.03. The molecule has 1 rings (SSSR count). The summed E-state index contributed by atoms with van der Waals surface area (Å²) in [5, 5.41) is 9.02. The molecular formula is C13H22O. The molecule has 0 radical (unpaired) electrons. The first-order valence-corrected chi connectivity index (χ1v) is 5.56. The van der Waals surface area contributed by atoms with E-state index in [-0.39, 0.29) is 6.61 Å². The lowest BCUT2D eigenvalue weighted by Crippen LogP contribution is -1.93. The van der Waals surface area contributed by atoms with E-state index in [0.29, 0.717) is 0 Å². The number of unbranched alkanes of at least 4 members (excludes halogenated alkanes) is 1. The van der Waals surface area contributed by atoms with E-state index in [0.717, 1.165) is 12.0 Å². The Morgan fingerprint density at radius 2 is 1.64 bits per heavy atom. The quantitative estimate of drug-likeness (QED) is 0.777. The summed E-state index contributed by atoms with van der Waals surface area (Å²) in [7, 11) is 0. The predicted octanol–water partition coefficient (Wildman–Crippen LogP) is 3.55. The van der Waals surface area contributed by atoms with Crippen LogP contribution < -0.4 is 0 Å². The maximum Gasteiger partial charge on any atom is 0.0684 e. The van der Waals surface area contributed by atoms with Gasteiger partial charge in [0, 0.05) is 0 Å². The van der Waals surface area contributed by atoms with Crippen molar-refractivity contribution in [3.05, 3.63) is 35.4 Å². The molecule has 1 heteroatoms. The first-order valence-electron chi connectivity index (χ1n) is 5.56. The summed E-state index contributed by atoms with van der Waals surface area (Å²) >= 11 is 0. The third-order valence-corrected chi connectivity index (χ3v) is 2.09. The Balaban J connectivity index is 0.000000791. The molecule has 0 unspecified atom stereocenters. The molecule has 1 aromatic carbocycles. The smallest absolute Gasteiger partial charge is 0.0684 e. The SMILES string of the molecule is CC.CCCCc1ccccc1CO.